The smallest absolute Gasteiger partial charge is 0.104 e. The van der Waals surface area contributed by atoms with Gasteiger partial charge >= 0.3 is 0 Å². The van der Waals surface area contributed by atoms with Crippen molar-refractivity contribution in [2.45, 2.75) is 32.7 Å². The third kappa shape index (κ3) is 0.935. The minimum Gasteiger partial charge on any atom is -0.287 e. The van der Waals surface area contributed by atoms with E-state index >= 15 is 0 Å². The Morgan fingerprint density at radius 3 is 2.30 bits per heavy atom. The van der Waals surface area contributed by atoms with Gasteiger partial charge in [0.1, 0.15) is 4.99 Å². The summed E-state index contributed by atoms with van der Waals surface area (Å²) < 4.78 is 0. The molecule has 0 aromatic heterocycles. The highest BCUT2D eigenvalue weighted by Crippen LogP contribution is 2.33. The maximum Gasteiger partial charge on any atom is 0.104 e. The Labute approximate surface area is 66.8 Å². The minimum atomic E-state index is -0.170. The van der Waals surface area contributed by atoms with Gasteiger partial charge < -0.3 is 0 Å². The van der Waals surface area contributed by atoms with Gasteiger partial charge in [0.05, 0.1) is 5.54 Å². The van der Waals surface area contributed by atoms with Crippen LogP contribution in [0, 0.1) is 5.92 Å². The Morgan fingerprint density at radius 1 is 1.70 bits per heavy atom. The predicted molar refractivity (Wildman–Crippen MR) is 44.1 cm³/mol. The standard InChI is InChI=1S/C7H13NOS/c1-5-4-6(10)8(9)7(5,2)3/h5,9H,4H2,1-3H3. The molecule has 0 bridgehead atoms. The first-order chi connectivity index (χ1) is 4.46. The normalized spacial score (nSPS) is 31.4. The van der Waals surface area contributed by atoms with Gasteiger partial charge in [-0.25, -0.2) is 5.06 Å². The van der Waals surface area contributed by atoms with Gasteiger partial charge in [0.2, 0.25) is 0 Å². The number of nitrogens with zero attached hydrogens (tertiary/aromatic N) is 1. The van der Waals surface area contributed by atoms with Crippen LogP contribution >= 0.6 is 12.2 Å². The van der Waals surface area contributed by atoms with Gasteiger partial charge in [-0.15, -0.1) is 0 Å². The van der Waals surface area contributed by atoms with Gasteiger partial charge in [0, 0.05) is 6.42 Å². The number of hydrogen-bond acceptors (Lipinski definition) is 2. The lowest BCUT2D eigenvalue weighted by Gasteiger charge is -2.29. The molecule has 1 aliphatic heterocycles. The summed E-state index contributed by atoms with van der Waals surface area (Å²) in [6.07, 6.45) is 0.832. The average Bonchev–Trinajstić information content (AvgIpc) is 1.97. The first-order valence-corrected chi connectivity index (χ1v) is 3.89. The summed E-state index contributed by atoms with van der Waals surface area (Å²) in [6.45, 7) is 6.09. The zero-order chi connectivity index (χ0) is 7.94. The van der Waals surface area contributed by atoms with Crippen molar-refractivity contribution < 1.29 is 5.21 Å². The lowest BCUT2D eigenvalue weighted by atomic mass is 9.91. The highest BCUT2D eigenvalue weighted by Gasteiger charge is 2.40. The third-order valence-corrected chi connectivity index (χ3v) is 2.81. The SMILES string of the molecule is CC1CC(=S)N(O)C1(C)C. The molecule has 3 heteroatoms. The number of rotatable bonds is 0. The van der Waals surface area contributed by atoms with Crippen molar-refractivity contribution in [1.29, 1.82) is 0 Å². The van der Waals surface area contributed by atoms with Crippen molar-refractivity contribution in [2.75, 3.05) is 0 Å². The van der Waals surface area contributed by atoms with Crippen LogP contribution < -0.4 is 0 Å². The Hall–Kier alpha value is -0.150. The molecule has 10 heavy (non-hydrogen) atoms. The van der Waals surface area contributed by atoms with E-state index in [1.807, 2.05) is 13.8 Å². The second kappa shape index (κ2) is 2.17. The molecule has 0 aromatic rings. The van der Waals surface area contributed by atoms with Gasteiger partial charge in [-0.3, -0.25) is 5.21 Å². The summed E-state index contributed by atoms with van der Waals surface area (Å²) in [6, 6.07) is 0. The molecule has 0 saturated carbocycles. The molecule has 1 atom stereocenters. The average molecular weight is 159 g/mol. The minimum absolute atomic E-state index is 0.170. The van der Waals surface area contributed by atoms with Crippen LogP contribution in [0.5, 0.6) is 0 Å². The fourth-order valence-corrected chi connectivity index (χ4v) is 1.61. The largest absolute Gasteiger partial charge is 0.287 e. The highest BCUT2D eigenvalue weighted by molar-refractivity contribution is 7.80. The number of hydroxylamine groups is 2. The number of thiocarbonyl (C=S) groups is 1. The summed E-state index contributed by atoms with van der Waals surface area (Å²) in [4.78, 5) is 0.664. The Kier molecular flexibility index (Phi) is 1.73. The van der Waals surface area contributed by atoms with E-state index in [2.05, 4.69) is 6.92 Å². The van der Waals surface area contributed by atoms with Crippen molar-refractivity contribution in [2.24, 2.45) is 5.92 Å². The van der Waals surface area contributed by atoms with Crippen LogP contribution in [-0.4, -0.2) is 20.8 Å². The van der Waals surface area contributed by atoms with Crippen molar-refractivity contribution in [3.63, 3.8) is 0 Å². The Balaban J connectivity index is 2.85. The molecule has 0 aromatic carbocycles. The molecular weight excluding hydrogens is 146 g/mol. The molecular formula is C7H13NOS. The maximum absolute atomic E-state index is 9.39. The van der Waals surface area contributed by atoms with E-state index in [1.165, 1.54) is 5.06 Å². The second-order valence-electron chi connectivity index (χ2n) is 3.46. The zero-order valence-corrected chi connectivity index (χ0v) is 7.40. The van der Waals surface area contributed by atoms with Crippen LogP contribution in [0.2, 0.25) is 0 Å². The maximum atomic E-state index is 9.39. The summed E-state index contributed by atoms with van der Waals surface area (Å²) in [5, 5.41) is 10.6. The summed E-state index contributed by atoms with van der Waals surface area (Å²) in [5.41, 5.74) is -0.170. The van der Waals surface area contributed by atoms with E-state index in [1.54, 1.807) is 0 Å². The molecule has 1 saturated heterocycles. The van der Waals surface area contributed by atoms with Gasteiger partial charge in [0.25, 0.3) is 0 Å². The van der Waals surface area contributed by atoms with Gasteiger partial charge in [-0.1, -0.05) is 19.1 Å². The highest BCUT2D eigenvalue weighted by atomic mass is 32.1. The summed E-state index contributed by atoms with van der Waals surface area (Å²) in [7, 11) is 0. The van der Waals surface area contributed by atoms with Crippen LogP contribution in [-0.2, 0) is 0 Å². The molecule has 0 amide bonds. The molecule has 0 aliphatic carbocycles. The molecule has 58 valence electrons. The van der Waals surface area contributed by atoms with Crippen LogP contribution in [0.15, 0.2) is 0 Å². The zero-order valence-electron chi connectivity index (χ0n) is 6.59. The lowest BCUT2D eigenvalue weighted by Crippen LogP contribution is -2.40. The fourth-order valence-electron chi connectivity index (χ4n) is 1.13. The molecule has 1 fully saturated rings. The van der Waals surface area contributed by atoms with Crippen LogP contribution in [0.1, 0.15) is 27.2 Å². The van der Waals surface area contributed by atoms with Crippen molar-refractivity contribution >= 4 is 17.2 Å². The van der Waals surface area contributed by atoms with E-state index in [0.29, 0.717) is 10.9 Å². The predicted octanol–water partition coefficient (Wildman–Crippen LogP) is 1.82. The van der Waals surface area contributed by atoms with E-state index in [9.17, 15) is 5.21 Å². The Morgan fingerprint density at radius 2 is 2.20 bits per heavy atom. The van der Waals surface area contributed by atoms with Crippen LogP contribution in [0.3, 0.4) is 0 Å². The van der Waals surface area contributed by atoms with E-state index in [4.69, 9.17) is 12.2 Å². The molecule has 1 heterocycles. The first kappa shape index (κ1) is 7.95. The van der Waals surface area contributed by atoms with E-state index in [-0.39, 0.29) is 5.54 Å². The van der Waals surface area contributed by atoms with Crippen molar-refractivity contribution in [3.05, 3.63) is 0 Å². The molecule has 1 aliphatic rings. The molecule has 2 nitrogen and oxygen atoms in total. The summed E-state index contributed by atoms with van der Waals surface area (Å²) >= 11 is 4.94. The second-order valence-corrected chi connectivity index (χ2v) is 3.94. The third-order valence-electron chi connectivity index (χ3n) is 2.47. The van der Waals surface area contributed by atoms with Crippen LogP contribution in [0.4, 0.5) is 0 Å². The molecule has 1 rings (SSSR count). The molecule has 1 unspecified atom stereocenters. The Bertz CT molecular complexity index is 167. The molecule has 0 spiro atoms. The van der Waals surface area contributed by atoms with Gasteiger partial charge in [-0.05, 0) is 19.8 Å². The number of hydrogen-bond donors (Lipinski definition) is 1. The first-order valence-electron chi connectivity index (χ1n) is 3.48. The van der Waals surface area contributed by atoms with Crippen molar-refractivity contribution in [3.8, 4) is 0 Å². The lowest BCUT2D eigenvalue weighted by molar-refractivity contribution is -0.0898. The summed E-state index contributed by atoms with van der Waals surface area (Å²) in [5.74, 6) is 0.449. The van der Waals surface area contributed by atoms with Crippen molar-refractivity contribution in [1.82, 2.24) is 5.06 Å². The van der Waals surface area contributed by atoms with Crippen LogP contribution in [0.25, 0.3) is 0 Å². The van der Waals surface area contributed by atoms with Gasteiger partial charge in [0.15, 0.2) is 0 Å². The van der Waals surface area contributed by atoms with E-state index in [0.717, 1.165) is 6.42 Å². The molecule has 0 radical (unpaired) electrons. The monoisotopic (exact) mass is 159 g/mol. The quantitative estimate of drug-likeness (QED) is 0.545. The topological polar surface area (TPSA) is 23.5 Å². The fraction of sp³-hybridized carbons (Fsp3) is 0.857. The molecule has 1 N–H and O–H groups in total. The van der Waals surface area contributed by atoms with Gasteiger partial charge in [-0.2, -0.15) is 0 Å². The van der Waals surface area contributed by atoms with E-state index < -0.39 is 0 Å².